The van der Waals surface area contributed by atoms with Crippen LogP contribution < -0.4 is 5.73 Å². The van der Waals surface area contributed by atoms with Crippen molar-refractivity contribution < 1.29 is 8.78 Å². The second kappa shape index (κ2) is 4.41. The van der Waals surface area contributed by atoms with Crippen LogP contribution in [0, 0.1) is 0 Å². The molecule has 0 aromatic heterocycles. The predicted molar refractivity (Wildman–Crippen MR) is 66.2 cm³/mol. The van der Waals surface area contributed by atoms with Crippen molar-refractivity contribution in [1.82, 2.24) is 0 Å². The summed E-state index contributed by atoms with van der Waals surface area (Å²) in [6.07, 6.45) is -2.34. The lowest BCUT2D eigenvalue weighted by atomic mass is 9.93. The molecule has 0 spiro atoms. The molecule has 0 saturated carbocycles. The molecule has 1 nitrogen and oxygen atoms in total. The number of nitrogens with two attached hydrogens (primary N) is 1. The largest absolute Gasteiger partial charge is 0.320 e. The van der Waals surface area contributed by atoms with Crippen LogP contribution in [0.15, 0.2) is 42.5 Å². The summed E-state index contributed by atoms with van der Waals surface area (Å²) in [4.78, 5) is 0. The second-order valence-electron chi connectivity index (χ2n) is 4.66. The molecule has 2 rings (SSSR count). The number of hydrogen-bond acceptors (Lipinski definition) is 1. The van der Waals surface area contributed by atoms with Crippen molar-refractivity contribution in [3.63, 3.8) is 0 Å². The molecule has 0 aliphatic carbocycles. The fraction of sp³-hybridized carbons (Fsp3) is 0.286. The van der Waals surface area contributed by atoms with Crippen molar-refractivity contribution in [3.8, 4) is 0 Å². The molecule has 2 aromatic rings. The summed E-state index contributed by atoms with van der Waals surface area (Å²) in [5.74, 6) is 0. The molecule has 90 valence electrons. The van der Waals surface area contributed by atoms with Gasteiger partial charge in [0.05, 0.1) is 5.54 Å². The summed E-state index contributed by atoms with van der Waals surface area (Å²) in [6.45, 7) is 1.38. The SMILES string of the molecule is CC(N)(Cc1ccc2ccccc2c1)C(F)F. The van der Waals surface area contributed by atoms with Gasteiger partial charge in [0.1, 0.15) is 0 Å². The maximum atomic E-state index is 12.7. The summed E-state index contributed by atoms with van der Waals surface area (Å²) < 4.78 is 25.4. The highest BCUT2D eigenvalue weighted by molar-refractivity contribution is 5.83. The van der Waals surface area contributed by atoms with E-state index in [1.807, 2.05) is 42.5 Å². The highest BCUT2D eigenvalue weighted by atomic mass is 19.3. The maximum Gasteiger partial charge on any atom is 0.256 e. The Morgan fingerprint density at radius 1 is 1.12 bits per heavy atom. The summed E-state index contributed by atoms with van der Waals surface area (Å²) in [7, 11) is 0. The van der Waals surface area contributed by atoms with Gasteiger partial charge in [-0.3, -0.25) is 0 Å². The normalized spacial score (nSPS) is 15.1. The Labute approximate surface area is 99.2 Å². The van der Waals surface area contributed by atoms with Crippen LogP contribution in [0.25, 0.3) is 10.8 Å². The average Bonchev–Trinajstić information content (AvgIpc) is 2.28. The molecule has 0 amide bonds. The molecule has 0 saturated heterocycles. The Balaban J connectivity index is 2.31. The number of benzene rings is 2. The summed E-state index contributed by atoms with van der Waals surface area (Å²) in [5.41, 5.74) is 4.96. The topological polar surface area (TPSA) is 26.0 Å². The van der Waals surface area contributed by atoms with Crippen LogP contribution in [0.4, 0.5) is 8.78 Å². The molecular weight excluding hydrogens is 220 g/mol. The lowest BCUT2D eigenvalue weighted by Gasteiger charge is -2.23. The molecule has 2 N–H and O–H groups in total. The van der Waals surface area contributed by atoms with E-state index in [0.717, 1.165) is 16.3 Å². The smallest absolute Gasteiger partial charge is 0.256 e. The standard InChI is InChI=1S/C14H15F2N/c1-14(17,13(15)16)9-10-6-7-11-4-2-3-5-12(11)8-10/h2-8,13H,9,17H2,1H3. The molecule has 3 heteroatoms. The highest BCUT2D eigenvalue weighted by Crippen LogP contribution is 2.21. The quantitative estimate of drug-likeness (QED) is 0.867. The van der Waals surface area contributed by atoms with Crippen LogP contribution in [0.5, 0.6) is 0 Å². The summed E-state index contributed by atoms with van der Waals surface area (Å²) in [6, 6.07) is 13.6. The van der Waals surface area contributed by atoms with E-state index < -0.39 is 12.0 Å². The molecule has 0 heterocycles. The van der Waals surface area contributed by atoms with Crippen molar-refractivity contribution >= 4 is 10.8 Å². The molecule has 0 fully saturated rings. The van der Waals surface area contributed by atoms with Gasteiger partial charge >= 0.3 is 0 Å². The maximum absolute atomic E-state index is 12.7. The van der Waals surface area contributed by atoms with Gasteiger partial charge in [-0.25, -0.2) is 8.78 Å². The Hall–Kier alpha value is -1.48. The van der Waals surface area contributed by atoms with E-state index in [1.54, 1.807) is 0 Å². The number of rotatable bonds is 3. The van der Waals surface area contributed by atoms with Crippen LogP contribution in [0.1, 0.15) is 12.5 Å². The Bertz CT molecular complexity index is 520. The first-order valence-electron chi connectivity index (χ1n) is 5.54. The van der Waals surface area contributed by atoms with Gasteiger partial charge in [-0.2, -0.15) is 0 Å². The van der Waals surface area contributed by atoms with Gasteiger partial charge in [0.15, 0.2) is 0 Å². The fourth-order valence-corrected chi connectivity index (χ4v) is 1.87. The molecule has 2 aromatic carbocycles. The monoisotopic (exact) mass is 235 g/mol. The van der Waals surface area contributed by atoms with Gasteiger partial charge < -0.3 is 5.73 Å². The van der Waals surface area contributed by atoms with Gasteiger partial charge in [-0.15, -0.1) is 0 Å². The molecule has 1 atom stereocenters. The molecular formula is C14H15F2N. The van der Waals surface area contributed by atoms with Gasteiger partial charge in [0.25, 0.3) is 6.43 Å². The first kappa shape index (κ1) is 12.0. The van der Waals surface area contributed by atoms with Crippen molar-refractivity contribution in [2.45, 2.75) is 25.3 Å². The molecule has 1 unspecified atom stereocenters. The van der Waals surface area contributed by atoms with E-state index in [0.29, 0.717) is 0 Å². The first-order valence-corrected chi connectivity index (χ1v) is 5.54. The Morgan fingerprint density at radius 3 is 2.41 bits per heavy atom. The third kappa shape index (κ3) is 2.61. The van der Waals surface area contributed by atoms with Crippen LogP contribution in [-0.2, 0) is 6.42 Å². The Kier molecular flexibility index (Phi) is 3.11. The van der Waals surface area contributed by atoms with E-state index in [2.05, 4.69) is 0 Å². The summed E-state index contributed by atoms with van der Waals surface area (Å²) >= 11 is 0. The van der Waals surface area contributed by atoms with Gasteiger partial charge in [-0.1, -0.05) is 42.5 Å². The number of fused-ring (bicyclic) bond motifs is 1. The van der Waals surface area contributed by atoms with Gasteiger partial charge in [0, 0.05) is 0 Å². The zero-order chi connectivity index (χ0) is 12.5. The summed E-state index contributed by atoms with van der Waals surface area (Å²) in [5, 5.41) is 2.15. The second-order valence-corrected chi connectivity index (χ2v) is 4.66. The van der Waals surface area contributed by atoms with Crippen molar-refractivity contribution in [2.24, 2.45) is 5.73 Å². The van der Waals surface area contributed by atoms with Crippen LogP contribution in [-0.4, -0.2) is 12.0 Å². The Morgan fingerprint density at radius 2 is 1.76 bits per heavy atom. The minimum absolute atomic E-state index is 0.176. The van der Waals surface area contributed by atoms with Crippen LogP contribution in [0.2, 0.25) is 0 Å². The van der Waals surface area contributed by atoms with E-state index in [-0.39, 0.29) is 6.42 Å². The van der Waals surface area contributed by atoms with E-state index in [9.17, 15) is 8.78 Å². The van der Waals surface area contributed by atoms with Gasteiger partial charge in [0.2, 0.25) is 0 Å². The molecule has 0 aliphatic rings. The lowest BCUT2D eigenvalue weighted by molar-refractivity contribution is 0.0639. The van der Waals surface area contributed by atoms with Crippen molar-refractivity contribution in [2.75, 3.05) is 0 Å². The first-order chi connectivity index (χ1) is 7.99. The third-order valence-electron chi connectivity index (χ3n) is 2.90. The van der Waals surface area contributed by atoms with Crippen LogP contribution >= 0.6 is 0 Å². The molecule has 0 aliphatic heterocycles. The molecule has 0 radical (unpaired) electrons. The zero-order valence-electron chi connectivity index (χ0n) is 9.66. The molecule has 17 heavy (non-hydrogen) atoms. The lowest BCUT2D eigenvalue weighted by Crippen LogP contribution is -2.45. The number of hydrogen-bond donors (Lipinski definition) is 1. The fourth-order valence-electron chi connectivity index (χ4n) is 1.87. The van der Waals surface area contributed by atoms with Crippen LogP contribution in [0.3, 0.4) is 0 Å². The number of halogens is 2. The third-order valence-corrected chi connectivity index (χ3v) is 2.90. The highest BCUT2D eigenvalue weighted by Gasteiger charge is 2.30. The van der Waals surface area contributed by atoms with E-state index in [4.69, 9.17) is 5.73 Å². The predicted octanol–water partition coefficient (Wildman–Crippen LogP) is 3.36. The minimum atomic E-state index is -2.52. The van der Waals surface area contributed by atoms with E-state index in [1.165, 1.54) is 6.92 Å². The average molecular weight is 235 g/mol. The number of alkyl halides is 2. The van der Waals surface area contributed by atoms with Gasteiger partial charge in [-0.05, 0) is 29.7 Å². The minimum Gasteiger partial charge on any atom is -0.320 e. The van der Waals surface area contributed by atoms with E-state index >= 15 is 0 Å². The zero-order valence-corrected chi connectivity index (χ0v) is 9.66. The van der Waals surface area contributed by atoms with Crippen molar-refractivity contribution in [3.05, 3.63) is 48.0 Å². The van der Waals surface area contributed by atoms with Crippen molar-refractivity contribution in [1.29, 1.82) is 0 Å². The molecule has 0 bridgehead atoms.